The molecule has 20 heavy (non-hydrogen) atoms. The van der Waals surface area contributed by atoms with Gasteiger partial charge >= 0.3 is 0 Å². The summed E-state index contributed by atoms with van der Waals surface area (Å²) in [6, 6.07) is 12.8. The minimum Gasteiger partial charge on any atom is -0.370 e. The van der Waals surface area contributed by atoms with Gasteiger partial charge in [-0.1, -0.05) is 18.2 Å². The van der Waals surface area contributed by atoms with Crippen LogP contribution in [-0.2, 0) is 4.79 Å². The van der Waals surface area contributed by atoms with Crippen LogP contribution in [0.2, 0.25) is 0 Å². The summed E-state index contributed by atoms with van der Waals surface area (Å²) in [5.41, 5.74) is 6.69. The number of halogens is 1. The van der Waals surface area contributed by atoms with Crippen molar-refractivity contribution in [3.8, 4) is 0 Å². The summed E-state index contributed by atoms with van der Waals surface area (Å²) in [5, 5.41) is 2.95. The third-order valence-electron chi connectivity index (χ3n) is 2.87. The molecule has 0 aliphatic rings. The fourth-order valence-corrected chi connectivity index (χ4v) is 2.27. The molecule has 0 bridgehead atoms. The van der Waals surface area contributed by atoms with E-state index >= 15 is 0 Å². The van der Waals surface area contributed by atoms with Crippen molar-refractivity contribution in [2.75, 3.05) is 11.6 Å². The van der Waals surface area contributed by atoms with E-state index in [0.717, 1.165) is 10.5 Å². The highest BCUT2D eigenvalue weighted by Gasteiger charge is 2.17. The number of benzene rings is 2. The predicted molar refractivity (Wildman–Crippen MR) is 80.2 cm³/mol. The zero-order chi connectivity index (χ0) is 14.5. The number of amides is 1. The van der Waals surface area contributed by atoms with E-state index in [-0.39, 0.29) is 5.82 Å². The molecule has 0 spiro atoms. The van der Waals surface area contributed by atoms with Crippen LogP contribution in [0.3, 0.4) is 0 Å². The molecule has 3 N–H and O–H groups in total. The molecule has 0 aliphatic heterocycles. The SMILES string of the molecule is CSc1ccc(C(Nc2cccc(F)c2)C(N)=O)cc1. The number of carbonyl (C=O) groups is 1. The maximum atomic E-state index is 13.2. The highest BCUT2D eigenvalue weighted by molar-refractivity contribution is 7.98. The van der Waals surface area contributed by atoms with E-state index in [9.17, 15) is 9.18 Å². The molecule has 2 aromatic rings. The van der Waals surface area contributed by atoms with Gasteiger partial charge in [0.25, 0.3) is 0 Å². The first-order valence-corrected chi connectivity index (χ1v) is 7.28. The van der Waals surface area contributed by atoms with Gasteiger partial charge in [0.1, 0.15) is 11.9 Å². The van der Waals surface area contributed by atoms with Gasteiger partial charge in [-0.15, -0.1) is 11.8 Å². The van der Waals surface area contributed by atoms with Crippen LogP contribution in [0, 0.1) is 5.82 Å². The number of nitrogens with one attached hydrogen (secondary N) is 1. The van der Waals surface area contributed by atoms with Crippen LogP contribution in [-0.4, -0.2) is 12.2 Å². The van der Waals surface area contributed by atoms with Crippen molar-refractivity contribution in [1.29, 1.82) is 0 Å². The molecular formula is C15H15FN2OS. The molecule has 104 valence electrons. The Bertz CT molecular complexity index is 601. The molecule has 0 fully saturated rings. The number of hydrogen-bond donors (Lipinski definition) is 2. The van der Waals surface area contributed by atoms with Crippen LogP contribution in [0.4, 0.5) is 10.1 Å². The fraction of sp³-hybridized carbons (Fsp3) is 0.133. The first-order valence-electron chi connectivity index (χ1n) is 6.05. The molecule has 1 amide bonds. The summed E-state index contributed by atoms with van der Waals surface area (Å²) in [7, 11) is 0. The zero-order valence-electron chi connectivity index (χ0n) is 11.0. The van der Waals surface area contributed by atoms with Crippen molar-refractivity contribution in [1.82, 2.24) is 0 Å². The molecule has 1 unspecified atom stereocenters. The molecule has 0 aromatic heterocycles. The summed E-state index contributed by atoms with van der Waals surface area (Å²) < 4.78 is 13.2. The van der Waals surface area contributed by atoms with E-state index < -0.39 is 11.9 Å². The van der Waals surface area contributed by atoms with Gasteiger partial charge < -0.3 is 11.1 Å². The van der Waals surface area contributed by atoms with Gasteiger partial charge in [0.05, 0.1) is 0 Å². The van der Waals surface area contributed by atoms with Crippen molar-refractivity contribution < 1.29 is 9.18 Å². The third kappa shape index (κ3) is 3.51. The quantitative estimate of drug-likeness (QED) is 0.832. The lowest BCUT2D eigenvalue weighted by atomic mass is 10.1. The second-order valence-electron chi connectivity index (χ2n) is 4.26. The normalized spacial score (nSPS) is 11.9. The number of primary amides is 1. The van der Waals surface area contributed by atoms with Gasteiger partial charge in [-0.3, -0.25) is 4.79 Å². The number of thioether (sulfide) groups is 1. The number of nitrogens with two attached hydrogens (primary N) is 1. The van der Waals surface area contributed by atoms with Crippen LogP contribution < -0.4 is 11.1 Å². The Balaban J connectivity index is 2.24. The largest absolute Gasteiger partial charge is 0.370 e. The Morgan fingerprint density at radius 1 is 1.25 bits per heavy atom. The van der Waals surface area contributed by atoms with Gasteiger partial charge in [0, 0.05) is 10.6 Å². The molecule has 2 aromatic carbocycles. The average molecular weight is 290 g/mol. The summed E-state index contributed by atoms with van der Waals surface area (Å²) in [6.07, 6.45) is 1.98. The summed E-state index contributed by atoms with van der Waals surface area (Å²) in [4.78, 5) is 12.7. The van der Waals surface area contributed by atoms with E-state index in [2.05, 4.69) is 5.32 Å². The summed E-state index contributed by atoms with van der Waals surface area (Å²) in [5.74, 6) is -0.873. The van der Waals surface area contributed by atoms with Gasteiger partial charge in [0.2, 0.25) is 5.91 Å². The van der Waals surface area contributed by atoms with Crippen molar-refractivity contribution >= 4 is 23.4 Å². The monoisotopic (exact) mass is 290 g/mol. The van der Waals surface area contributed by atoms with E-state index in [1.54, 1.807) is 23.9 Å². The van der Waals surface area contributed by atoms with Crippen molar-refractivity contribution in [3.05, 3.63) is 59.9 Å². The lowest BCUT2D eigenvalue weighted by Crippen LogP contribution is -2.27. The van der Waals surface area contributed by atoms with Crippen LogP contribution in [0.5, 0.6) is 0 Å². The lowest BCUT2D eigenvalue weighted by molar-refractivity contribution is -0.118. The molecule has 1 atom stereocenters. The van der Waals surface area contributed by atoms with E-state index in [4.69, 9.17) is 5.73 Å². The number of carbonyl (C=O) groups excluding carboxylic acids is 1. The Morgan fingerprint density at radius 2 is 1.95 bits per heavy atom. The highest BCUT2D eigenvalue weighted by atomic mass is 32.2. The molecule has 0 heterocycles. The number of rotatable bonds is 5. The first kappa shape index (κ1) is 14.4. The highest BCUT2D eigenvalue weighted by Crippen LogP contribution is 2.22. The van der Waals surface area contributed by atoms with Crippen molar-refractivity contribution in [3.63, 3.8) is 0 Å². The Hall–Kier alpha value is -2.01. The lowest BCUT2D eigenvalue weighted by Gasteiger charge is -2.17. The maximum Gasteiger partial charge on any atom is 0.244 e. The van der Waals surface area contributed by atoms with Gasteiger partial charge in [0.15, 0.2) is 0 Å². The van der Waals surface area contributed by atoms with Crippen molar-refractivity contribution in [2.24, 2.45) is 5.73 Å². The van der Waals surface area contributed by atoms with Crippen LogP contribution in [0.1, 0.15) is 11.6 Å². The Kier molecular flexibility index (Phi) is 4.63. The minimum atomic E-state index is -0.687. The fourth-order valence-electron chi connectivity index (χ4n) is 1.86. The van der Waals surface area contributed by atoms with E-state index in [1.165, 1.54) is 12.1 Å². The van der Waals surface area contributed by atoms with E-state index in [0.29, 0.717) is 5.69 Å². The van der Waals surface area contributed by atoms with Gasteiger partial charge in [-0.25, -0.2) is 4.39 Å². The smallest absolute Gasteiger partial charge is 0.244 e. The van der Waals surface area contributed by atoms with E-state index in [1.807, 2.05) is 30.5 Å². The molecule has 0 aliphatic carbocycles. The van der Waals surface area contributed by atoms with Crippen LogP contribution in [0.15, 0.2) is 53.4 Å². The molecule has 0 saturated heterocycles. The minimum absolute atomic E-state index is 0.365. The average Bonchev–Trinajstić information content (AvgIpc) is 2.45. The predicted octanol–water partition coefficient (Wildman–Crippen LogP) is 3.19. The molecule has 2 rings (SSSR count). The summed E-state index contributed by atoms with van der Waals surface area (Å²) in [6.45, 7) is 0. The second-order valence-corrected chi connectivity index (χ2v) is 5.14. The topological polar surface area (TPSA) is 55.1 Å². The Morgan fingerprint density at radius 3 is 2.50 bits per heavy atom. The second kappa shape index (κ2) is 6.43. The van der Waals surface area contributed by atoms with Crippen LogP contribution in [0.25, 0.3) is 0 Å². The maximum absolute atomic E-state index is 13.2. The third-order valence-corrected chi connectivity index (χ3v) is 3.61. The number of anilines is 1. The number of hydrogen-bond acceptors (Lipinski definition) is 3. The van der Waals surface area contributed by atoms with Crippen molar-refractivity contribution in [2.45, 2.75) is 10.9 Å². The Labute approximate surface area is 121 Å². The zero-order valence-corrected chi connectivity index (χ0v) is 11.8. The summed E-state index contributed by atoms with van der Waals surface area (Å²) >= 11 is 1.62. The molecule has 3 nitrogen and oxygen atoms in total. The van der Waals surface area contributed by atoms with Gasteiger partial charge in [-0.2, -0.15) is 0 Å². The molecular weight excluding hydrogens is 275 g/mol. The standard InChI is InChI=1S/C15H15FN2OS/c1-20-13-7-5-10(6-8-13)14(15(17)19)18-12-4-2-3-11(16)9-12/h2-9,14,18H,1H3,(H2,17,19). The van der Waals surface area contributed by atoms with Crippen LogP contribution >= 0.6 is 11.8 Å². The molecule has 5 heteroatoms. The van der Waals surface area contributed by atoms with Gasteiger partial charge in [-0.05, 0) is 42.2 Å². The molecule has 0 radical (unpaired) electrons. The molecule has 0 saturated carbocycles. The first-order chi connectivity index (χ1) is 9.60.